The Morgan fingerprint density at radius 3 is 2.32 bits per heavy atom. The Kier molecular flexibility index (Phi) is 3.99. The summed E-state index contributed by atoms with van der Waals surface area (Å²) >= 11 is 0. The summed E-state index contributed by atoms with van der Waals surface area (Å²) in [6, 6.07) is 1.87. The van der Waals surface area contributed by atoms with Gasteiger partial charge in [-0.25, -0.2) is 15.0 Å². The molecule has 0 unspecified atom stereocenters. The highest BCUT2D eigenvalue weighted by molar-refractivity contribution is 5.47. The number of hydrogen-bond donors (Lipinski definition) is 2. The first-order chi connectivity index (χ1) is 9.08. The van der Waals surface area contributed by atoms with Crippen LogP contribution in [0.4, 0.5) is 11.6 Å². The summed E-state index contributed by atoms with van der Waals surface area (Å²) in [5, 5.41) is 6.36. The maximum atomic E-state index is 5.51. The van der Waals surface area contributed by atoms with Crippen molar-refractivity contribution < 1.29 is 4.42 Å². The second-order valence-corrected chi connectivity index (χ2v) is 4.32. The van der Waals surface area contributed by atoms with Gasteiger partial charge in [0.05, 0.1) is 12.2 Å². The van der Waals surface area contributed by atoms with Crippen LogP contribution in [0, 0.1) is 20.8 Å². The molecule has 0 radical (unpaired) electrons. The molecule has 6 heteroatoms. The van der Waals surface area contributed by atoms with E-state index >= 15 is 0 Å². The minimum Gasteiger partial charge on any atom is -0.444 e. The van der Waals surface area contributed by atoms with Crippen molar-refractivity contribution in [2.45, 2.75) is 34.2 Å². The van der Waals surface area contributed by atoms with Gasteiger partial charge in [0, 0.05) is 12.6 Å². The standard InChI is InChI=1S/C13H19N5O/c1-5-14-11-6-12(18-10(4)17-11)15-7-13-16-8(2)9(3)19-13/h6H,5,7H2,1-4H3,(H2,14,15,17,18). The van der Waals surface area contributed by atoms with Crippen LogP contribution >= 0.6 is 0 Å². The lowest BCUT2D eigenvalue weighted by molar-refractivity contribution is 0.478. The van der Waals surface area contributed by atoms with E-state index < -0.39 is 0 Å². The van der Waals surface area contributed by atoms with E-state index in [0.717, 1.165) is 35.5 Å². The highest BCUT2D eigenvalue weighted by Crippen LogP contribution is 2.13. The largest absolute Gasteiger partial charge is 0.444 e. The molecule has 0 fully saturated rings. The number of nitrogens with one attached hydrogen (secondary N) is 2. The number of rotatable bonds is 5. The highest BCUT2D eigenvalue weighted by atomic mass is 16.4. The Morgan fingerprint density at radius 1 is 1.05 bits per heavy atom. The SMILES string of the molecule is CCNc1cc(NCc2nc(C)c(C)o2)nc(C)n1. The Balaban J connectivity index is 2.06. The zero-order valence-electron chi connectivity index (χ0n) is 11.7. The maximum Gasteiger partial charge on any atom is 0.213 e. The van der Waals surface area contributed by atoms with Crippen molar-refractivity contribution in [1.82, 2.24) is 15.0 Å². The molecule has 0 aliphatic carbocycles. The number of nitrogens with zero attached hydrogens (tertiary/aromatic N) is 3. The summed E-state index contributed by atoms with van der Waals surface area (Å²) in [6.45, 7) is 9.07. The summed E-state index contributed by atoms with van der Waals surface area (Å²) in [5.41, 5.74) is 0.920. The lowest BCUT2D eigenvalue weighted by Crippen LogP contribution is -2.06. The number of aryl methyl sites for hydroxylation is 3. The lowest BCUT2D eigenvalue weighted by atomic mass is 10.4. The number of aromatic nitrogens is 3. The van der Waals surface area contributed by atoms with E-state index in [1.54, 1.807) is 0 Å². The topological polar surface area (TPSA) is 75.9 Å². The zero-order valence-corrected chi connectivity index (χ0v) is 11.7. The van der Waals surface area contributed by atoms with Crippen molar-refractivity contribution >= 4 is 11.6 Å². The molecule has 2 aromatic heterocycles. The van der Waals surface area contributed by atoms with E-state index in [4.69, 9.17) is 4.42 Å². The predicted molar refractivity (Wildman–Crippen MR) is 74.2 cm³/mol. The summed E-state index contributed by atoms with van der Waals surface area (Å²) in [4.78, 5) is 12.9. The monoisotopic (exact) mass is 261 g/mol. The molecular weight excluding hydrogens is 242 g/mol. The van der Waals surface area contributed by atoms with Gasteiger partial charge in [-0.1, -0.05) is 0 Å². The van der Waals surface area contributed by atoms with Crippen molar-refractivity contribution in [2.24, 2.45) is 0 Å². The molecule has 0 aliphatic rings. The molecule has 0 aromatic carbocycles. The minimum atomic E-state index is 0.511. The molecule has 0 aliphatic heterocycles. The third-order valence-electron chi connectivity index (χ3n) is 2.69. The van der Waals surface area contributed by atoms with Gasteiger partial charge in [0.1, 0.15) is 23.2 Å². The van der Waals surface area contributed by atoms with Crippen molar-refractivity contribution in [3.63, 3.8) is 0 Å². The van der Waals surface area contributed by atoms with Crippen molar-refractivity contribution in [3.05, 3.63) is 29.2 Å². The minimum absolute atomic E-state index is 0.511. The number of oxazole rings is 1. The van der Waals surface area contributed by atoms with Gasteiger partial charge >= 0.3 is 0 Å². The summed E-state index contributed by atoms with van der Waals surface area (Å²) in [5.74, 6) is 3.82. The molecule has 2 N–H and O–H groups in total. The first kappa shape index (κ1) is 13.3. The molecule has 0 amide bonds. The van der Waals surface area contributed by atoms with Crippen LogP contribution in [0.2, 0.25) is 0 Å². The molecule has 0 atom stereocenters. The van der Waals surface area contributed by atoms with Gasteiger partial charge in [-0.3, -0.25) is 0 Å². The molecule has 0 saturated heterocycles. The molecule has 0 bridgehead atoms. The molecule has 19 heavy (non-hydrogen) atoms. The van der Waals surface area contributed by atoms with Crippen LogP contribution in [0.1, 0.15) is 30.1 Å². The van der Waals surface area contributed by atoms with Crippen LogP contribution in [0.5, 0.6) is 0 Å². The Morgan fingerprint density at radius 2 is 1.74 bits per heavy atom. The normalized spacial score (nSPS) is 10.5. The van der Waals surface area contributed by atoms with Crippen LogP contribution in [0.3, 0.4) is 0 Å². The Bertz CT molecular complexity index is 545. The average molecular weight is 261 g/mol. The molecule has 6 nitrogen and oxygen atoms in total. The maximum absolute atomic E-state index is 5.51. The Labute approximate surface area is 112 Å². The van der Waals surface area contributed by atoms with E-state index in [0.29, 0.717) is 12.4 Å². The van der Waals surface area contributed by atoms with Gasteiger partial charge in [0.15, 0.2) is 0 Å². The molecule has 0 saturated carbocycles. The second kappa shape index (κ2) is 5.69. The van der Waals surface area contributed by atoms with Crippen molar-refractivity contribution in [1.29, 1.82) is 0 Å². The van der Waals surface area contributed by atoms with E-state index in [1.807, 2.05) is 33.8 Å². The molecular formula is C13H19N5O. The van der Waals surface area contributed by atoms with Crippen LogP contribution in [-0.2, 0) is 6.54 Å². The molecule has 102 valence electrons. The first-order valence-electron chi connectivity index (χ1n) is 6.35. The van der Waals surface area contributed by atoms with E-state index in [-0.39, 0.29) is 0 Å². The molecule has 2 aromatic rings. The quantitative estimate of drug-likeness (QED) is 0.861. The summed E-state index contributed by atoms with van der Waals surface area (Å²) in [6.07, 6.45) is 0. The number of anilines is 2. The third kappa shape index (κ3) is 3.43. The first-order valence-corrected chi connectivity index (χ1v) is 6.35. The van der Waals surface area contributed by atoms with Crippen molar-refractivity contribution in [3.8, 4) is 0 Å². The second-order valence-electron chi connectivity index (χ2n) is 4.32. The summed E-state index contributed by atoms with van der Waals surface area (Å²) in [7, 11) is 0. The Hall–Kier alpha value is -2.11. The predicted octanol–water partition coefficient (Wildman–Crippen LogP) is 2.43. The smallest absolute Gasteiger partial charge is 0.213 e. The third-order valence-corrected chi connectivity index (χ3v) is 2.69. The fourth-order valence-electron chi connectivity index (χ4n) is 1.71. The van der Waals surface area contributed by atoms with Crippen molar-refractivity contribution in [2.75, 3.05) is 17.2 Å². The van der Waals surface area contributed by atoms with Gasteiger partial charge in [0.25, 0.3) is 0 Å². The summed E-state index contributed by atoms with van der Waals surface area (Å²) < 4.78 is 5.51. The lowest BCUT2D eigenvalue weighted by Gasteiger charge is -2.07. The molecule has 2 rings (SSSR count). The number of hydrogen-bond acceptors (Lipinski definition) is 6. The van der Waals surface area contributed by atoms with Crippen LogP contribution in [0.15, 0.2) is 10.5 Å². The fraction of sp³-hybridized carbons (Fsp3) is 0.462. The van der Waals surface area contributed by atoms with Gasteiger partial charge in [0.2, 0.25) is 5.89 Å². The average Bonchev–Trinajstić information content (AvgIpc) is 2.66. The van der Waals surface area contributed by atoms with Gasteiger partial charge < -0.3 is 15.1 Å². The van der Waals surface area contributed by atoms with Gasteiger partial charge in [-0.15, -0.1) is 0 Å². The molecule has 0 spiro atoms. The van der Waals surface area contributed by atoms with E-state index in [2.05, 4.69) is 25.6 Å². The fourth-order valence-corrected chi connectivity index (χ4v) is 1.71. The highest BCUT2D eigenvalue weighted by Gasteiger charge is 2.06. The van der Waals surface area contributed by atoms with E-state index in [9.17, 15) is 0 Å². The van der Waals surface area contributed by atoms with Crippen LogP contribution in [-0.4, -0.2) is 21.5 Å². The van der Waals surface area contributed by atoms with E-state index in [1.165, 1.54) is 0 Å². The molecule has 2 heterocycles. The van der Waals surface area contributed by atoms with Gasteiger partial charge in [-0.05, 0) is 27.7 Å². The van der Waals surface area contributed by atoms with Gasteiger partial charge in [-0.2, -0.15) is 0 Å². The van der Waals surface area contributed by atoms with Crippen LogP contribution in [0.25, 0.3) is 0 Å². The van der Waals surface area contributed by atoms with Crippen LogP contribution < -0.4 is 10.6 Å². The zero-order chi connectivity index (χ0) is 13.8.